The SMILES string of the molecule is COc1ccc(Cn2cc(CCNC(C)=O)c3cc(OC)ccc32)cc1. The number of carbonyl (C=O) groups excluding carboxylic acids is 1. The molecule has 0 atom stereocenters. The van der Waals surface area contributed by atoms with Gasteiger partial charge in [0.25, 0.3) is 0 Å². The number of carbonyl (C=O) groups is 1. The smallest absolute Gasteiger partial charge is 0.216 e. The van der Waals surface area contributed by atoms with Crippen LogP contribution < -0.4 is 14.8 Å². The topological polar surface area (TPSA) is 52.5 Å². The zero-order valence-electron chi connectivity index (χ0n) is 15.4. The van der Waals surface area contributed by atoms with Gasteiger partial charge >= 0.3 is 0 Å². The average molecular weight is 352 g/mol. The molecular formula is C21H24N2O3. The van der Waals surface area contributed by atoms with Crippen molar-refractivity contribution >= 4 is 16.8 Å². The largest absolute Gasteiger partial charge is 0.497 e. The molecule has 1 heterocycles. The van der Waals surface area contributed by atoms with E-state index in [1.54, 1.807) is 14.2 Å². The first-order chi connectivity index (χ1) is 12.6. The van der Waals surface area contributed by atoms with Crippen molar-refractivity contribution in [2.45, 2.75) is 19.9 Å². The predicted octanol–water partition coefficient (Wildman–Crippen LogP) is 3.39. The summed E-state index contributed by atoms with van der Waals surface area (Å²) in [6.45, 7) is 2.93. The fourth-order valence-electron chi connectivity index (χ4n) is 3.11. The van der Waals surface area contributed by atoms with Gasteiger partial charge in [0.2, 0.25) is 5.91 Å². The minimum Gasteiger partial charge on any atom is -0.497 e. The third-order valence-corrected chi connectivity index (χ3v) is 4.45. The summed E-state index contributed by atoms with van der Waals surface area (Å²) in [6.07, 6.45) is 2.94. The van der Waals surface area contributed by atoms with Crippen LogP contribution >= 0.6 is 0 Å². The number of ether oxygens (including phenoxy) is 2. The zero-order chi connectivity index (χ0) is 18.5. The first kappa shape index (κ1) is 17.9. The molecule has 0 saturated carbocycles. The highest BCUT2D eigenvalue weighted by molar-refractivity contribution is 5.85. The number of aromatic nitrogens is 1. The molecule has 0 radical (unpaired) electrons. The Morgan fingerprint density at radius 2 is 1.73 bits per heavy atom. The van der Waals surface area contributed by atoms with E-state index in [0.717, 1.165) is 35.4 Å². The number of fused-ring (bicyclic) bond motifs is 1. The van der Waals surface area contributed by atoms with E-state index in [-0.39, 0.29) is 5.91 Å². The van der Waals surface area contributed by atoms with Crippen LogP contribution in [0.1, 0.15) is 18.1 Å². The fraction of sp³-hybridized carbons (Fsp3) is 0.286. The molecule has 5 nitrogen and oxygen atoms in total. The molecule has 3 rings (SSSR count). The molecule has 0 aliphatic carbocycles. The highest BCUT2D eigenvalue weighted by Crippen LogP contribution is 2.27. The molecule has 0 saturated heterocycles. The highest BCUT2D eigenvalue weighted by atomic mass is 16.5. The van der Waals surface area contributed by atoms with Crippen molar-refractivity contribution in [1.82, 2.24) is 9.88 Å². The Morgan fingerprint density at radius 3 is 2.38 bits per heavy atom. The van der Waals surface area contributed by atoms with Gasteiger partial charge in [0, 0.05) is 37.1 Å². The Kier molecular flexibility index (Phi) is 5.46. The summed E-state index contributed by atoms with van der Waals surface area (Å²) in [5.74, 6) is 1.68. The maximum Gasteiger partial charge on any atom is 0.216 e. The molecule has 3 aromatic rings. The standard InChI is InChI=1S/C21H24N2O3/c1-15(24)22-11-10-17-14-23(13-16-4-6-18(25-2)7-5-16)21-9-8-19(26-3)12-20(17)21/h4-9,12,14H,10-11,13H2,1-3H3,(H,22,24). The lowest BCUT2D eigenvalue weighted by Crippen LogP contribution is -2.22. The molecule has 0 aliphatic heterocycles. The zero-order valence-corrected chi connectivity index (χ0v) is 15.4. The molecule has 0 fully saturated rings. The molecule has 1 N–H and O–H groups in total. The first-order valence-corrected chi connectivity index (χ1v) is 8.64. The van der Waals surface area contributed by atoms with E-state index in [4.69, 9.17) is 9.47 Å². The van der Waals surface area contributed by atoms with Crippen molar-refractivity contribution in [3.63, 3.8) is 0 Å². The molecule has 5 heteroatoms. The molecule has 0 aliphatic rings. The molecule has 136 valence electrons. The van der Waals surface area contributed by atoms with E-state index in [2.05, 4.69) is 40.3 Å². The number of methoxy groups -OCH3 is 2. The number of rotatable bonds is 7. The molecule has 2 aromatic carbocycles. The Hall–Kier alpha value is -2.95. The second-order valence-corrected chi connectivity index (χ2v) is 6.25. The molecule has 0 unspecified atom stereocenters. The number of nitrogens with zero attached hydrogens (tertiary/aromatic N) is 1. The second kappa shape index (κ2) is 7.95. The van der Waals surface area contributed by atoms with E-state index in [0.29, 0.717) is 6.54 Å². The summed E-state index contributed by atoms with van der Waals surface area (Å²) in [6, 6.07) is 14.2. The minimum absolute atomic E-state index is 0.00967. The number of hydrogen-bond donors (Lipinski definition) is 1. The fourth-order valence-corrected chi connectivity index (χ4v) is 3.11. The Bertz CT molecular complexity index is 898. The lowest BCUT2D eigenvalue weighted by molar-refractivity contribution is -0.118. The van der Waals surface area contributed by atoms with Crippen LogP contribution in [0, 0.1) is 0 Å². The van der Waals surface area contributed by atoms with Crippen LogP contribution in [0.4, 0.5) is 0 Å². The maximum absolute atomic E-state index is 11.2. The molecule has 1 aromatic heterocycles. The molecular weight excluding hydrogens is 328 g/mol. The van der Waals surface area contributed by atoms with Crippen LogP contribution in [-0.2, 0) is 17.8 Å². The van der Waals surface area contributed by atoms with Crippen molar-refractivity contribution in [3.05, 3.63) is 59.8 Å². The predicted molar refractivity (Wildman–Crippen MR) is 103 cm³/mol. The number of hydrogen-bond acceptors (Lipinski definition) is 3. The molecule has 0 bridgehead atoms. The molecule has 26 heavy (non-hydrogen) atoms. The Balaban J connectivity index is 1.91. The summed E-state index contributed by atoms with van der Waals surface area (Å²) >= 11 is 0. The van der Waals surface area contributed by atoms with Gasteiger partial charge in [0.05, 0.1) is 14.2 Å². The third kappa shape index (κ3) is 3.99. The van der Waals surface area contributed by atoms with Crippen molar-refractivity contribution < 1.29 is 14.3 Å². The summed E-state index contributed by atoms with van der Waals surface area (Å²) in [5.41, 5.74) is 3.55. The van der Waals surface area contributed by atoms with Gasteiger partial charge in [-0.3, -0.25) is 4.79 Å². The van der Waals surface area contributed by atoms with Crippen LogP contribution in [0.25, 0.3) is 10.9 Å². The second-order valence-electron chi connectivity index (χ2n) is 6.25. The van der Waals surface area contributed by atoms with Gasteiger partial charge in [-0.25, -0.2) is 0 Å². The maximum atomic E-state index is 11.2. The monoisotopic (exact) mass is 352 g/mol. The van der Waals surface area contributed by atoms with Crippen LogP contribution in [0.5, 0.6) is 11.5 Å². The Labute approximate surface area is 153 Å². The van der Waals surface area contributed by atoms with Crippen LogP contribution in [-0.4, -0.2) is 31.2 Å². The number of benzene rings is 2. The Morgan fingerprint density at radius 1 is 1.04 bits per heavy atom. The first-order valence-electron chi connectivity index (χ1n) is 8.64. The number of nitrogens with one attached hydrogen (secondary N) is 1. The quantitative estimate of drug-likeness (QED) is 0.709. The van der Waals surface area contributed by atoms with Crippen molar-refractivity contribution in [2.24, 2.45) is 0 Å². The van der Waals surface area contributed by atoms with Gasteiger partial charge in [0.15, 0.2) is 0 Å². The van der Waals surface area contributed by atoms with E-state index in [9.17, 15) is 4.79 Å². The van der Waals surface area contributed by atoms with Crippen LogP contribution in [0.2, 0.25) is 0 Å². The van der Waals surface area contributed by atoms with Crippen LogP contribution in [0.15, 0.2) is 48.7 Å². The van der Waals surface area contributed by atoms with Crippen molar-refractivity contribution in [1.29, 1.82) is 0 Å². The third-order valence-electron chi connectivity index (χ3n) is 4.45. The van der Waals surface area contributed by atoms with Crippen molar-refractivity contribution in [3.8, 4) is 11.5 Å². The summed E-state index contributed by atoms with van der Waals surface area (Å²) in [7, 11) is 3.34. The molecule has 1 amide bonds. The van der Waals surface area contributed by atoms with E-state index in [1.165, 1.54) is 18.1 Å². The van der Waals surface area contributed by atoms with Gasteiger partial charge in [-0.05, 0) is 47.9 Å². The van der Waals surface area contributed by atoms with E-state index < -0.39 is 0 Å². The minimum atomic E-state index is -0.00967. The van der Waals surface area contributed by atoms with Gasteiger partial charge in [-0.1, -0.05) is 12.1 Å². The lowest BCUT2D eigenvalue weighted by atomic mass is 10.1. The van der Waals surface area contributed by atoms with E-state index in [1.807, 2.05) is 18.2 Å². The lowest BCUT2D eigenvalue weighted by Gasteiger charge is -2.07. The van der Waals surface area contributed by atoms with Gasteiger partial charge < -0.3 is 19.4 Å². The summed E-state index contributed by atoms with van der Waals surface area (Å²) < 4.78 is 12.8. The number of amides is 1. The van der Waals surface area contributed by atoms with E-state index >= 15 is 0 Å². The summed E-state index contributed by atoms with van der Waals surface area (Å²) in [4.78, 5) is 11.2. The highest BCUT2D eigenvalue weighted by Gasteiger charge is 2.10. The molecule has 0 spiro atoms. The average Bonchev–Trinajstić information content (AvgIpc) is 2.99. The van der Waals surface area contributed by atoms with Gasteiger partial charge in [-0.15, -0.1) is 0 Å². The normalized spacial score (nSPS) is 10.7. The van der Waals surface area contributed by atoms with Crippen LogP contribution in [0.3, 0.4) is 0 Å². The van der Waals surface area contributed by atoms with Crippen molar-refractivity contribution in [2.75, 3.05) is 20.8 Å². The van der Waals surface area contributed by atoms with Gasteiger partial charge in [0.1, 0.15) is 11.5 Å². The summed E-state index contributed by atoms with van der Waals surface area (Å²) in [5, 5.41) is 4.02. The van der Waals surface area contributed by atoms with Gasteiger partial charge in [-0.2, -0.15) is 0 Å².